The van der Waals surface area contributed by atoms with Gasteiger partial charge in [-0.25, -0.2) is 9.59 Å². The Bertz CT molecular complexity index is 643. The molecular formula is C12H9NNa2O4. The Balaban J connectivity index is 0.00000162. The van der Waals surface area contributed by atoms with Crippen molar-refractivity contribution in [2.24, 2.45) is 0 Å². The van der Waals surface area contributed by atoms with Crippen molar-refractivity contribution in [2.75, 3.05) is 5.73 Å². The topological polar surface area (TPSA) is 101 Å². The van der Waals surface area contributed by atoms with Gasteiger partial charge in [0.25, 0.3) is 0 Å². The minimum absolute atomic E-state index is 0. The summed E-state index contributed by atoms with van der Waals surface area (Å²) in [7, 11) is 0. The summed E-state index contributed by atoms with van der Waals surface area (Å²) in [6.07, 6.45) is 0. The number of benzene rings is 2. The molecule has 7 heteroatoms. The number of anilines is 1. The number of aromatic carboxylic acids is 2. The van der Waals surface area contributed by atoms with Gasteiger partial charge in [-0.1, -0.05) is 6.07 Å². The number of carboxylic acids is 2. The predicted molar refractivity (Wildman–Crippen MR) is 73.8 cm³/mol. The van der Waals surface area contributed by atoms with E-state index in [1.165, 1.54) is 24.3 Å². The van der Waals surface area contributed by atoms with Crippen molar-refractivity contribution in [1.82, 2.24) is 0 Å². The zero-order chi connectivity index (χ0) is 12.6. The molecule has 0 atom stereocenters. The molecule has 0 amide bonds. The van der Waals surface area contributed by atoms with Crippen LogP contribution < -0.4 is 5.73 Å². The van der Waals surface area contributed by atoms with Crippen LogP contribution in [-0.4, -0.2) is 81.3 Å². The van der Waals surface area contributed by atoms with Crippen LogP contribution in [0.5, 0.6) is 0 Å². The molecule has 0 aliphatic rings. The molecule has 5 nitrogen and oxygen atoms in total. The standard InChI is InChI=1S/C12H9NO4.2Na/c13-10-5-6-1-2-7(11(14)15)3-8(6)4-9(10)12(16)17;;/h1-5H,13H2,(H,14,15)(H,16,17);;. The SMILES string of the molecule is Nc1cc2ccc(C(=O)O)cc2cc1C(=O)O.[Na].[Na]. The van der Waals surface area contributed by atoms with E-state index in [0.717, 1.165) is 0 Å². The molecule has 2 radical (unpaired) electrons. The van der Waals surface area contributed by atoms with Crippen LogP contribution in [0.2, 0.25) is 0 Å². The van der Waals surface area contributed by atoms with Crippen LogP contribution in [0, 0.1) is 0 Å². The Kier molecular flexibility index (Phi) is 7.07. The van der Waals surface area contributed by atoms with Crippen molar-refractivity contribution in [1.29, 1.82) is 0 Å². The summed E-state index contributed by atoms with van der Waals surface area (Å²) in [4.78, 5) is 21.7. The average Bonchev–Trinajstić information content (AvgIpc) is 2.27. The summed E-state index contributed by atoms with van der Waals surface area (Å²) >= 11 is 0. The smallest absolute Gasteiger partial charge is 0.337 e. The van der Waals surface area contributed by atoms with E-state index in [0.29, 0.717) is 10.8 Å². The van der Waals surface area contributed by atoms with Gasteiger partial charge in [-0.2, -0.15) is 0 Å². The summed E-state index contributed by atoms with van der Waals surface area (Å²) < 4.78 is 0. The fourth-order valence-corrected chi connectivity index (χ4v) is 1.63. The van der Waals surface area contributed by atoms with E-state index in [4.69, 9.17) is 15.9 Å². The normalized spacial score (nSPS) is 9.26. The van der Waals surface area contributed by atoms with Gasteiger partial charge in [0, 0.05) is 64.8 Å². The Morgan fingerprint density at radius 1 is 0.895 bits per heavy atom. The van der Waals surface area contributed by atoms with E-state index in [9.17, 15) is 9.59 Å². The molecule has 0 unspecified atom stereocenters. The van der Waals surface area contributed by atoms with Crippen LogP contribution in [0.25, 0.3) is 10.8 Å². The Morgan fingerprint density at radius 2 is 1.53 bits per heavy atom. The molecule has 2 rings (SSSR count). The van der Waals surface area contributed by atoms with Gasteiger partial charge >= 0.3 is 11.9 Å². The maximum atomic E-state index is 10.9. The summed E-state index contributed by atoms with van der Waals surface area (Å²) in [5.74, 6) is -2.19. The minimum atomic E-state index is -1.13. The number of hydrogen-bond acceptors (Lipinski definition) is 3. The van der Waals surface area contributed by atoms with Gasteiger partial charge in [0.1, 0.15) is 0 Å². The molecule has 0 spiro atoms. The van der Waals surface area contributed by atoms with E-state index >= 15 is 0 Å². The monoisotopic (exact) mass is 277 g/mol. The molecule has 0 bridgehead atoms. The van der Waals surface area contributed by atoms with Crippen molar-refractivity contribution < 1.29 is 19.8 Å². The van der Waals surface area contributed by atoms with E-state index in [-0.39, 0.29) is 75.9 Å². The predicted octanol–water partition coefficient (Wildman–Crippen LogP) is 1.06. The summed E-state index contributed by atoms with van der Waals surface area (Å²) in [5, 5.41) is 19.0. The number of hydrogen-bond donors (Lipinski definition) is 3. The van der Waals surface area contributed by atoms with Gasteiger partial charge in [0.15, 0.2) is 0 Å². The third kappa shape index (κ3) is 3.95. The van der Waals surface area contributed by atoms with Crippen molar-refractivity contribution in [2.45, 2.75) is 0 Å². The van der Waals surface area contributed by atoms with Crippen molar-refractivity contribution >= 4 is 87.5 Å². The molecule has 0 aliphatic heterocycles. The Morgan fingerprint density at radius 3 is 2.05 bits per heavy atom. The van der Waals surface area contributed by atoms with E-state index in [1.54, 1.807) is 6.07 Å². The van der Waals surface area contributed by atoms with E-state index < -0.39 is 11.9 Å². The largest absolute Gasteiger partial charge is 0.478 e. The molecule has 88 valence electrons. The van der Waals surface area contributed by atoms with Crippen LogP contribution in [0.15, 0.2) is 30.3 Å². The molecule has 0 saturated heterocycles. The quantitative estimate of drug-likeness (QED) is 0.563. The first kappa shape index (κ1) is 18.4. The van der Waals surface area contributed by atoms with E-state index in [1.807, 2.05) is 0 Å². The van der Waals surface area contributed by atoms with Crippen molar-refractivity contribution in [3.8, 4) is 0 Å². The van der Waals surface area contributed by atoms with Crippen molar-refractivity contribution in [3.63, 3.8) is 0 Å². The van der Waals surface area contributed by atoms with Gasteiger partial charge in [-0.15, -0.1) is 0 Å². The number of rotatable bonds is 2. The summed E-state index contributed by atoms with van der Waals surface area (Å²) in [6, 6.07) is 7.36. The fourth-order valence-electron chi connectivity index (χ4n) is 1.63. The Labute approximate surface area is 153 Å². The number of nitrogens with two attached hydrogens (primary N) is 1. The maximum Gasteiger partial charge on any atom is 0.337 e. The second-order valence-electron chi connectivity index (χ2n) is 3.61. The van der Waals surface area contributed by atoms with E-state index in [2.05, 4.69) is 0 Å². The van der Waals surface area contributed by atoms with Gasteiger partial charge in [0.05, 0.1) is 11.1 Å². The number of nitrogen functional groups attached to an aromatic ring is 1. The summed E-state index contributed by atoms with van der Waals surface area (Å²) in [6.45, 7) is 0. The molecule has 2 aromatic carbocycles. The second-order valence-corrected chi connectivity index (χ2v) is 3.61. The number of fused-ring (bicyclic) bond motifs is 1. The second kappa shape index (κ2) is 7.28. The third-order valence-corrected chi connectivity index (χ3v) is 2.49. The number of carbonyl (C=O) groups is 2. The van der Waals surface area contributed by atoms with Gasteiger partial charge in [0.2, 0.25) is 0 Å². The summed E-state index contributed by atoms with van der Waals surface area (Å²) in [5.41, 5.74) is 5.83. The zero-order valence-electron chi connectivity index (χ0n) is 10.7. The first-order chi connectivity index (χ1) is 7.99. The zero-order valence-corrected chi connectivity index (χ0v) is 14.7. The molecule has 0 saturated carbocycles. The van der Waals surface area contributed by atoms with Crippen LogP contribution in [0.4, 0.5) is 5.69 Å². The van der Waals surface area contributed by atoms with Crippen LogP contribution >= 0.6 is 0 Å². The third-order valence-electron chi connectivity index (χ3n) is 2.49. The molecule has 4 N–H and O–H groups in total. The van der Waals surface area contributed by atoms with Gasteiger partial charge in [-0.05, 0) is 35.0 Å². The minimum Gasteiger partial charge on any atom is -0.478 e. The maximum absolute atomic E-state index is 10.9. The number of carboxylic acid groups (broad SMARTS) is 2. The first-order valence-electron chi connectivity index (χ1n) is 4.79. The molecule has 0 heterocycles. The molecule has 0 aromatic heterocycles. The average molecular weight is 277 g/mol. The van der Waals surface area contributed by atoms with Crippen molar-refractivity contribution in [3.05, 3.63) is 41.5 Å². The molecule has 0 aliphatic carbocycles. The molecule has 19 heavy (non-hydrogen) atoms. The molecular weight excluding hydrogens is 268 g/mol. The molecule has 2 aromatic rings. The first-order valence-corrected chi connectivity index (χ1v) is 4.79. The van der Waals surface area contributed by atoms with Crippen LogP contribution in [0.3, 0.4) is 0 Å². The molecule has 0 fully saturated rings. The fraction of sp³-hybridized carbons (Fsp3) is 0. The van der Waals surface area contributed by atoms with Gasteiger partial charge in [-0.3, -0.25) is 0 Å². The van der Waals surface area contributed by atoms with Crippen LogP contribution in [-0.2, 0) is 0 Å². The Hall–Kier alpha value is -0.560. The van der Waals surface area contributed by atoms with Gasteiger partial charge < -0.3 is 15.9 Å². The van der Waals surface area contributed by atoms with Crippen LogP contribution in [0.1, 0.15) is 20.7 Å².